The molecule has 7 aromatic rings. The summed E-state index contributed by atoms with van der Waals surface area (Å²) >= 11 is 0. The molecule has 11 N–H and O–H groups in total. The largest absolute Gasteiger partial charge is 0.493 e. The van der Waals surface area contributed by atoms with Crippen LogP contribution < -0.4 is 27.3 Å². The molecule has 0 atom stereocenters. The van der Waals surface area contributed by atoms with E-state index < -0.39 is 204 Å². The van der Waals surface area contributed by atoms with Crippen LogP contribution >= 0.6 is 0 Å². The average molecular weight is 1230 g/mol. The molecule has 0 unspecified atom stereocenters. The van der Waals surface area contributed by atoms with E-state index in [1.54, 1.807) is 12.1 Å². The summed E-state index contributed by atoms with van der Waals surface area (Å²) in [5.74, 6) is -14.7. The van der Waals surface area contributed by atoms with Crippen molar-refractivity contribution in [1.29, 1.82) is 10.5 Å². The van der Waals surface area contributed by atoms with Crippen LogP contribution in [0.4, 0.5) is 57.7 Å². The van der Waals surface area contributed by atoms with Gasteiger partial charge in [-0.25, -0.2) is 38.2 Å². The number of rotatable bonds is 21. The third kappa shape index (κ3) is 12.7. The third-order valence-electron chi connectivity index (χ3n) is 12.9. The molecule has 0 saturated carbocycles. The van der Waals surface area contributed by atoms with Crippen molar-refractivity contribution in [2.24, 2.45) is 35.7 Å². The van der Waals surface area contributed by atoms with E-state index in [0.717, 1.165) is 61.5 Å². The van der Waals surface area contributed by atoms with Crippen LogP contribution in [0.25, 0.3) is 4.85 Å². The van der Waals surface area contributed by atoms with Crippen LogP contribution in [0.5, 0.6) is 17.6 Å². The normalized spacial score (nSPS) is 11.3. The molecule has 0 aliphatic carbocycles. The molecule has 0 amide bonds. The molecule has 90 heavy (non-hydrogen) atoms. The fourth-order valence-corrected chi connectivity index (χ4v) is 8.44. The van der Waals surface area contributed by atoms with E-state index in [-0.39, 0.29) is 16.7 Å². The summed E-state index contributed by atoms with van der Waals surface area (Å²) in [5, 5.41) is 141. The fraction of sp³-hybridized carbons (Fsp3) is 0.148. The van der Waals surface area contributed by atoms with Crippen molar-refractivity contribution in [2.45, 2.75) is 40.8 Å². The molecule has 4 aromatic heterocycles. The summed E-state index contributed by atoms with van der Waals surface area (Å²) < 4.78 is 1.69. The highest BCUT2D eigenvalue weighted by molar-refractivity contribution is 6.04. The number of aromatic nitrogens is 6. The molecule has 0 aliphatic heterocycles. The van der Waals surface area contributed by atoms with Crippen molar-refractivity contribution in [3.8, 4) is 29.8 Å². The Bertz CT molecular complexity index is 4440. The highest BCUT2D eigenvalue weighted by Crippen LogP contribution is 2.39. The summed E-state index contributed by atoms with van der Waals surface area (Å²) in [6.07, 6.45) is 0. The first-order valence-corrected chi connectivity index (χ1v) is 25.1. The number of anilines is 2. The summed E-state index contributed by atoms with van der Waals surface area (Å²) in [7, 11) is 0. The zero-order valence-electron chi connectivity index (χ0n) is 46.4. The van der Waals surface area contributed by atoms with E-state index in [4.69, 9.17) is 6.57 Å². The maximum absolute atomic E-state index is 13.9. The number of hydrogen-bond donors (Lipinski definition) is 11. The Labute approximate surface area is 500 Å². The van der Waals surface area contributed by atoms with E-state index in [1.165, 1.54) is 20.8 Å². The van der Waals surface area contributed by atoms with Gasteiger partial charge in [-0.15, -0.1) is 30.7 Å². The van der Waals surface area contributed by atoms with Crippen LogP contribution in [-0.2, 0) is 13.1 Å². The molecule has 0 saturated heterocycles. The van der Waals surface area contributed by atoms with Crippen LogP contribution in [-0.4, -0.2) is 129 Å². The second-order valence-corrected chi connectivity index (χ2v) is 18.2. The third-order valence-corrected chi connectivity index (χ3v) is 12.9. The number of nitrogens with zero attached hydrogens (tertiary/aromatic N) is 16. The minimum absolute atomic E-state index is 0.251. The van der Waals surface area contributed by atoms with E-state index in [1.807, 2.05) is 0 Å². The Morgan fingerprint density at radius 1 is 0.511 bits per heavy atom. The Hall–Kier alpha value is -13.7. The smallest absolute Gasteiger partial charge is 0.337 e. The summed E-state index contributed by atoms with van der Waals surface area (Å²) in [4.78, 5) is 134. The predicted octanol–water partition coefficient (Wildman–Crippen LogP) is 6.95. The standard InChI is InChI=1S/C54H40N18O18/c1-21-31(19-55)40(73)70(42(75)34(21)64-67-37-25(46(79)80)9-6-10-26(37)47(81)82)17-15-58-52-61-53(59-16-18-71-41(74)32(20-56)22(2)35(43(71)76)65-68-38-27(48(83)84)11-7-12-28(38)49(85)86)63-54(62-52)60-24(4)72-44(77)33(57-5)23(3)36(45(72)78)66-69-39-29(50(87)88)13-8-14-30(39)51(89)90/h6-14,75-76,78H,15-18H2,1-4H3,(H,79,80)(H,81,82)(H,83,84)(H,85,86)(H,87,88)(H,89,90)(H2,58,59,61,62,63). The van der Waals surface area contributed by atoms with Gasteiger partial charge >= 0.3 is 35.8 Å². The van der Waals surface area contributed by atoms with Crippen molar-refractivity contribution in [1.82, 2.24) is 28.7 Å². The number of hydrogen-bond acceptors (Lipinski definition) is 26. The van der Waals surface area contributed by atoms with Gasteiger partial charge in [-0.05, 0) is 69.7 Å². The second-order valence-electron chi connectivity index (χ2n) is 18.2. The molecule has 36 nitrogen and oxygen atoms in total. The fourth-order valence-electron chi connectivity index (χ4n) is 8.44. The first-order valence-electron chi connectivity index (χ1n) is 25.1. The van der Waals surface area contributed by atoms with E-state index >= 15 is 0 Å². The van der Waals surface area contributed by atoms with E-state index in [0.29, 0.717) is 13.7 Å². The highest BCUT2D eigenvalue weighted by atomic mass is 16.4. The van der Waals surface area contributed by atoms with Gasteiger partial charge in [-0.3, -0.25) is 23.5 Å². The number of benzene rings is 3. The highest BCUT2D eigenvalue weighted by Gasteiger charge is 2.27. The average Bonchev–Trinajstić information content (AvgIpc) is 0.817. The van der Waals surface area contributed by atoms with Gasteiger partial charge in [0.05, 0.1) is 40.0 Å². The van der Waals surface area contributed by atoms with Gasteiger partial charge in [-0.1, -0.05) is 18.2 Å². The molecule has 454 valence electrons. The van der Waals surface area contributed by atoms with Crippen molar-refractivity contribution < 1.29 is 74.7 Å². The second kappa shape index (κ2) is 26.5. The van der Waals surface area contributed by atoms with Crippen molar-refractivity contribution in [3.05, 3.63) is 158 Å². The van der Waals surface area contributed by atoms with Crippen LogP contribution in [0.2, 0.25) is 0 Å². The van der Waals surface area contributed by atoms with Gasteiger partial charge in [0.1, 0.15) is 51.9 Å². The summed E-state index contributed by atoms with van der Waals surface area (Å²) in [6, 6.07) is 12.9. The van der Waals surface area contributed by atoms with Crippen LogP contribution in [0, 0.1) is 50.0 Å². The maximum atomic E-state index is 13.9. The number of carboxylic acids is 6. The van der Waals surface area contributed by atoms with Gasteiger partial charge in [0.25, 0.3) is 28.3 Å². The molecule has 36 heteroatoms. The SMILES string of the molecule is [C-]#[N+]c1c(C)c(N=Nc2c(C(=O)O)cccc2C(=O)O)c(O)n(C(C)=Nc2nc(NCCn3c(O)c(N=Nc4c(C(=O)O)cccc4C(=O)O)c(C)c(C#N)c3=O)nc(NCCn3c(O)c(N=Nc4c(C(=O)O)cccc4C(=O)O)c(C)c(C#N)c3=O)n2)c1=O. The lowest BCUT2D eigenvalue weighted by molar-refractivity contribution is 0.0677. The number of azo groups is 3. The zero-order valence-corrected chi connectivity index (χ0v) is 46.4. The lowest BCUT2D eigenvalue weighted by Gasteiger charge is -2.15. The van der Waals surface area contributed by atoms with Gasteiger partial charge in [0, 0.05) is 37.3 Å². The maximum Gasteiger partial charge on any atom is 0.337 e. The Morgan fingerprint density at radius 3 is 1.12 bits per heavy atom. The molecular weight excluding hydrogens is 1190 g/mol. The van der Waals surface area contributed by atoms with Crippen molar-refractivity contribution >= 4 is 99.3 Å². The molecule has 0 spiro atoms. The lowest BCUT2D eigenvalue weighted by Crippen LogP contribution is -2.27. The minimum Gasteiger partial charge on any atom is -0.493 e. The molecule has 0 fully saturated rings. The number of carbonyl (C=O) groups is 6. The van der Waals surface area contributed by atoms with Crippen LogP contribution in [0.15, 0.2) is 105 Å². The van der Waals surface area contributed by atoms with Crippen LogP contribution in [0.1, 0.15) is 96.9 Å². The Kier molecular flexibility index (Phi) is 18.8. The zero-order chi connectivity index (χ0) is 66.2. The van der Waals surface area contributed by atoms with Crippen molar-refractivity contribution in [2.75, 3.05) is 23.7 Å². The van der Waals surface area contributed by atoms with Crippen LogP contribution in [0.3, 0.4) is 0 Å². The van der Waals surface area contributed by atoms with E-state index in [2.05, 4.69) is 66.1 Å². The number of carboxylic acid groups (broad SMARTS) is 6. The Balaban J connectivity index is 1.32. The summed E-state index contributed by atoms with van der Waals surface area (Å²) in [6.45, 7) is 10.3. The monoisotopic (exact) mass is 1230 g/mol. The minimum atomic E-state index is -1.61. The van der Waals surface area contributed by atoms with E-state index in [9.17, 15) is 99.6 Å². The number of aromatic carboxylic acids is 6. The number of aliphatic imine (C=N–C) groups is 1. The Morgan fingerprint density at radius 2 is 0.822 bits per heavy atom. The number of nitrogens with one attached hydrogen (secondary N) is 2. The number of pyridine rings is 3. The van der Waals surface area contributed by atoms with Crippen molar-refractivity contribution in [3.63, 3.8) is 0 Å². The van der Waals surface area contributed by atoms with Gasteiger partial charge in [0.15, 0.2) is 11.4 Å². The quantitative estimate of drug-likeness (QED) is 0.0150. The molecule has 4 heterocycles. The lowest BCUT2D eigenvalue weighted by atomic mass is 10.1. The molecular formula is C54H40N18O18. The first-order chi connectivity index (χ1) is 42.7. The topological polar surface area (TPSA) is 552 Å². The van der Waals surface area contributed by atoms with Gasteiger partial charge in [-0.2, -0.15) is 30.5 Å². The molecule has 0 radical (unpaired) electrons. The number of aromatic hydroxyl groups is 3. The predicted molar refractivity (Wildman–Crippen MR) is 306 cm³/mol. The first kappa shape index (κ1) is 63.9. The number of nitriles is 2. The summed E-state index contributed by atoms with van der Waals surface area (Å²) in [5.41, 5.74) is -13.5. The molecule has 0 bridgehead atoms. The molecule has 7 rings (SSSR count). The molecule has 0 aliphatic rings. The molecule has 3 aromatic carbocycles. The van der Waals surface area contributed by atoms with Gasteiger partial charge in [0.2, 0.25) is 29.5 Å². The van der Waals surface area contributed by atoms with Gasteiger partial charge < -0.3 is 56.6 Å².